The molecule has 0 bridgehead atoms. The summed E-state index contributed by atoms with van der Waals surface area (Å²) in [6.45, 7) is 0.00694. The van der Waals surface area contributed by atoms with Gasteiger partial charge in [0.1, 0.15) is 6.17 Å². The molecule has 9 heavy (non-hydrogen) atoms. The fourth-order valence-electron chi connectivity index (χ4n) is 0.610. The van der Waals surface area contributed by atoms with Crippen molar-refractivity contribution in [2.45, 2.75) is 12.3 Å². The van der Waals surface area contributed by atoms with E-state index in [4.69, 9.17) is 5.73 Å². The van der Waals surface area contributed by atoms with Crippen molar-refractivity contribution in [3.8, 4) is 0 Å². The first kappa shape index (κ1) is 6.28. The van der Waals surface area contributed by atoms with Gasteiger partial charge in [0, 0.05) is 0 Å². The van der Waals surface area contributed by atoms with Crippen molar-refractivity contribution >= 4 is 6.03 Å². The maximum absolute atomic E-state index is 12.3. The molecule has 5 heteroatoms. The van der Waals surface area contributed by atoms with Gasteiger partial charge < -0.3 is 16.4 Å². The zero-order chi connectivity index (χ0) is 6.85. The van der Waals surface area contributed by atoms with Gasteiger partial charge in [0.2, 0.25) is 0 Å². The first-order valence-electron chi connectivity index (χ1n) is 2.64. The van der Waals surface area contributed by atoms with Gasteiger partial charge in [-0.25, -0.2) is 9.18 Å². The summed E-state index contributed by atoms with van der Waals surface area (Å²) in [5.41, 5.74) is 5.12. The Morgan fingerprint density at radius 3 is 2.89 bits per heavy atom. The quantitative estimate of drug-likeness (QED) is 0.393. The SMILES string of the molecule is NC1NC(=O)NCC1F. The molecule has 2 atom stereocenters. The molecule has 0 saturated carbocycles. The third-order valence-corrected chi connectivity index (χ3v) is 1.15. The number of carbonyl (C=O) groups excluding carboxylic acids is 1. The van der Waals surface area contributed by atoms with Crippen LogP contribution in [-0.4, -0.2) is 24.9 Å². The van der Waals surface area contributed by atoms with Gasteiger partial charge in [-0.05, 0) is 0 Å². The average Bonchev–Trinajstić information content (AvgIpc) is 1.80. The van der Waals surface area contributed by atoms with E-state index in [1.54, 1.807) is 0 Å². The summed E-state index contributed by atoms with van der Waals surface area (Å²) < 4.78 is 12.3. The van der Waals surface area contributed by atoms with Crippen LogP contribution in [0.2, 0.25) is 0 Å². The van der Waals surface area contributed by atoms with Crippen molar-refractivity contribution in [1.29, 1.82) is 0 Å². The predicted octanol–water partition coefficient (Wildman–Crippen LogP) is -1.08. The van der Waals surface area contributed by atoms with Crippen molar-refractivity contribution < 1.29 is 9.18 Å². The minimum absolute atomic E-state index is 0.00694. The molecule has 0 radical (unpaired) electrons. The maximum atomic E-state index is 12.3. The summed E-state index contributed by atoms with van der Waals surface area (Å²) in [7, 11) is 0. The largest absolute Gasteiger partial charge is 0.335 e. The van der Waals surface area contributed by atoms with Crippen LogP contribution in [0.1, 0.15) is 0 Å². The third-order valence-electron chi connectivity index (χ3n) is 1.15. The molecular formula is C4H8FN3O. The van der Waals surface area contributed by atoms with Crippen LogP contribution in [0.4, 0.5) is 9.18 Å². The lowest BCUT2D eigenvalue weighted by molar-refractivity contribution is 0.191. The zero-order valence-electron chi connectivity index (χ0n) is 4.73. The summed E-state index contributed by atoms with van der Waals surface area (Å²) in [6, 6.07) is -0.406. The van der Waals surface area contributed by atoms with E-state index >= 15 is 0 Å². The van der Waals surface area contributed by atoms with Crippen LogP contribution in [-0.2, 0) is 0 Å². The Labute approximate surface area is 51.6 Å². The van der Waals surface area contributed by atoms with Crippen LogP contribution in [0.15, 0.2) is 0 Å². The lowest BCUT2D eigenvalue weighted by Crippen LogP contribution is -2.60. The number of hydrogen-bond acceptors (Lipinski definition) is 2. The van der Waals surface area contributed by atoms with Gasteiger partial charge in [-0.1, -0.05) is 0 Å². The van der Waals surface area contributed by atoms with E-state index in [1.807, 2.05) is 0 Å². The Kier molecular flexibility index (Phi) is 1.52. The molecule has 0 aromatic rings. The van der Waals surface area contributed by atoms with E-state index < -0.39 is 18.4 Å². The smallest absolute Gasteiger partial charge is 0.316 e. The molecule has 1 aliphatic heterocycles. The van der Waals surface area contributed by atoms with Crippen molar-refractivity contribution in [2.24, 2.45) is 5.73 Å². The monoisotopic (exact) mass is 133 g/mol. The molecule has 1 fully saturated rings. The van der Waals surface area contributed by atoms with Gasteiger partial charge in [-0.2, -0.15) is 0 Å². The van der Waals surface area contributed by atoms with Crippen molar-refractivity contribution in [3.63, 3.8) is 0 Å². The minimum Gasteiger partial charge on any atom is -0.335 e. The first-order chi connectivity index (χ1) is 4.20. The number of carbonyl (C=O) groups is 1. The highest BCUT2D eigenvalue weighted by atomic mass is 19.1. The van der Waals surface area contributed by atoms with Crippen LogP contribution < -0.4 is 16.4 Å². The standard InChI is InChI=1S/C4H8FN3O/c5-2-1-7-4(9)8-3(2)6/h2-3H,1,6H2,(H2,7,8,9). The van der Waals surface area contributed by atoms with Gasteiger partial charge in [0.15, 0.2) is 6.17 Å². The Hall–Kier alpha value is -0.840. The molecule has 2 amide bonds. The third kappa shape index (κ3) is 1.29. The molecule has 0 aromatic carbocycles. The Balaban J connectivity index is 2.44. The van der Waals surface area contributed by atoms with E-state index in [0.717, 1.165) is 0 Å². The molecule has 1 aliphatic rings. The highest BCUT2D eigenvalue weighted by Gasteiger charge is 2.23. The van der Waals surface area contributed by atoms with Gasteiger partial charge in [0.25, 0.3) is 0 Å². The molecule has 0 spiro atoms. The Bertz CT molecular complexity index is 129. The minimum atomic E-state index is -1.18. The summed E-state index contributed by atoms with van der Waals surface area (Å²) >= 11 is 0. The number of nitrogens with one attached hydrogen (secondary N) is 2. The molecule has 4 N–H and O–H groups in total. The second-order valence-corrected chi connectivity index (χ2v) is 1.90. The summed E-state index contributed by atoms with van der Waals surface area (Å²) in [5.74, 6) is 0. The van der Waals surface area contributed by atoms with Gasteiger partial charge >= 0.3 is 6.03 Å². The summed E-state index contributed by atoms with van der Waals surface area (Å²) in [6.07, 6.45) is -2.03. The number of urea groups is 1. The van der Waals surface area contributed by atoms with Crippen LogP contribution in [0.25, 0.3) is 0 Å². The Morgan fingerprint density at radius 1 is 1.78 bits per heavy atom. The molecule has 1 saturated heterocycles. The normalized spacial score (nSPS) is 35.1. The number of amides is 2. The second-order valence-electron chi connectivity index (χ2n) is 1.90. The molecule has 0 aliphatic carbocycles. The van der Waals surface area contributed by atoms with Crippen LogP contribution >= 0.6 is 0 Å². The topological polar surface area (TPSA) is 67.1 Å². The van der Waals surface area contributed by atoms with Crippen LogP contribution in [0.5, 0.6) is 0 Å². The van der Waals surface area contributed by atoms with Gasteiger partial charge in [-0.3, -0.25) is 0 Å². The van der Waals surface area contributed by atoms with E-state index in [1.165, 1.54) is 0 Å². The molecule has 4 nitrogen and oxygen atoms in total. The maximum Gasteiger partial charge on any atom is 0.316 e. The second kappa shape index (κ2) is 2.18. The van der Waals surface area contributed by atoms with Crippen molar-refractivity contribution in [3.05, 3.63) is 0 Å². The lowest BCUT2D eigenvalue weighted by atomic mass is 10.3. The van der Waals surface area contributed by atoms with Gasteiger partial charge in [-0.15, -0.1) is 0 Å². The summed E-state index contributed by atoms with van der Waals surface area (Å²) in [4.78, 5) is 10.4. The number of rotatable bonds is 0. The van der Waals surface area contributed by atoms with Crippen molar-refractivity contribution in [1.82, 2.24) is 10.6 Å². The molecule has 1 heterocycles. The van der Waals surface area contributed by atoms with Crippen molar-refractivity contribution in [2.75, 3.05) is 6.54 Å². The van der Waals surface area contributed by atoms with Gasteiger partial charge in [0.05, 0.1) is 6.54 Å². The highest BCUT2D eigenvalue weighted by Crippen LogP contribution is 1.95. The van der Waals surface area contributed by atoms with E-state index in [0.29, 0.717) is 0 Å². The molecule has 0 aromatic heterocycles. The van der Waals surface area contributed by atoms with E-state index in [-0.39, 0.29) is 6.54 Å². The molecular weight excluding hydrogens is 125 g/mol. The Morgan fingerprint density at radius 2 is 2.44 bits per heavy atom. The highest BCUT2D eigenvalue weighted by molar-refractivity contribution is 5.75. The van der Waals surface area contributed by atoms with E-state index in [2.05, 4.69) is 10.6 Å². The number of halogens is 1. The van der Waals surface area contributed by atoms with Crippen LogP contribution in [0, 0.1) is 0 Å². The lowest BCUT2D eigenvalue weighted by Gasteiger charge is -2.23. The molecule has 52 valence electrons. The molecule has 1 rings (SSSR count). The summed E-state index contributed by atoms with van der Waals surface area (Å²) in [5, 5.41) is 4.44. The van der Waals surface area contributed by atoms with Crippen LogP contribution in [0.3, 0.4) is 0 Å². The van der Waals surface area contributed by atoms with E-state index in [9.17, 15) is 9.18 Å². The fraction of sp³-hybridized carbons (Fsp3) is 0.750. The molecule has 2 unspecified atom stereocenters. The average molecular weight is 133 g/mol. The number of nitrogens with two attached hydrogens (primary N) is 1. The zero-order valence-corrected chi connectivity index (χ0v) is 4.73. The number of alkyl halides is 1. The first-order valence-corrected chi connectivity index (χ1v) is 2.64. The fourth-order valence-corrected chi connectivity index (χ4v) is 0.610. The predicted molar refractivity (Wildman–Crippen MR) is 29.4 cm³/mol. The number of hydrogen-bond donors (Lipinski definition) is 3.